The molecule has 0 aliphatic carbocycles. The minimum Gasteiger partial charge on any atom is -0.487 e. The zero-order valence-corrected chi connectivity index (χ0v) is 11.1. The van der Waals surface area contributed by atoms with E-state index in [1.165, 1.54) is 0 Å². The first-order valence-corrected chi connectivity index (χ1v) is 6.03. The van der Waals surface area contributed by atoms with Crippen LogP contribution >= 0.6 is 15.9 Å². The molecule has 0 atom stereocenters. The topological polar surface area (TPSA) is 48.1 Å². The fourth-order valence-electron chi connectivity index (χ4n) is 1.51. The number of nitrogens with two attached hydrogens (primary N) is 1. The Balaban J connectivity index is 2.07. The second kappa shape index (κ2) is 5.19. The molecular weight excluding hydrogens is 280 g/mol. The first kappa shape index (κ1) is 11.9. The summed E-state index contributed by atoms with van der Waals surface area (Å²) in [5, 5.41) is 0. The predicted molar refractivity (Wildman–Crippen MR) is 71.9 cm³/mol. The van der Waals surface area contributed by atoms with Crippen molar-refractivity contribution in [3.05, 3.63) is 52.3 Å². The second-order valence-electron chi connectivity index (χ2n) is 3.84. The molecule has 0 saturated heterocycles. The van der Waals surface area contributed by atoms with Gasteiger partial charge in [0.05, 0.1) is 5.69 Å². The van der Waals surface area contributed by atoms with Crippen molar-refractivity contribution in [3.8, 4) is 5.75 Å². The van der Waals surface area contributed by atoms with Crippen LogP contribution in [-0.4, -0.2) is 4.98 Å². The van der Waals surface area contributed by atoms with Gasteiger partial charge in [0.2, 0.25) is 0 Å². The Hall–Kier alpha value is -1.55. The van der Waals surface area contributed by atoms with Gasteiger partial charge in [-0.1, -0.05) is 15.9 Å². The van der Waals surface area contributed by atoms with Gasteiger partial charge < -0.3 is 10.5 Å². The normalized spacial score (nSPS) is 10.2. The Bertz CT molecular complexity index is 529. The van der Waals surface area contributed by atoms with Crippen molar-refractivity contribution in [2.45, 2.75) is 13.5 Å². The van der Waals surface area contributed by atoms with Crippen molar-refractivity contribution in [2.75, 3.05) is 5.73 Å². The SMILES string of the molecule is Cc1cncc(COc2ccc(Br)cc2N)c1. The number of aromatic nitrogens is 1. The first-order valence-electron chi connectivity index (χ1n) is 5.23. The maximum atomic E-state index is 5.84. The molecule has 0 amide bonds. The monoisotopic (exact) mass is 292 g/mol. The minimum atomic E-state index is 0.473. The lowest BCUT2D eigenvalue weighted by atomic mass is 10.2. The molecule has 0 aliphatic rings. The van der Waals surface area contributed by atoms with E-state index in [1.54, 1.807) is 6.20 Å². The molecule has 2 aromatic rings. The van der Waals surface area contributed by atoms with Gasteiger partial charge in [0, 0.05) is 22.4 Å². The van der Waals surface area contributed by atoms with Gasteiger partial charge in [0.1, 0.15) is 12.4 Å². The maximum Gasteiger partial charge on any atom is 0.142 e. The van der Waals surface area contributed by atoms with Gasteiger partial charge in [-0.25, -0.2) is 0 Å². The summed E-state index contributed by atoms with van der Waals surface area (Å²) < 4.78 is 6.59. The van der Waals surface area contributed by atoms with E-state index in [0.717, 1.165) is 15.6 Å². The summed E-state index contributed by atoms with van der Waals surface area (Å²) >= 11 is 3.36. The number of nitrogen functional groups attached to an aromatic ring is 1. The summed E-state index contributed by atoms with van der Waals surface area (Å²) in [6, 6.07) is 7.62. The molecular formula is C13H13BrN2O. The standard InChI is InChI=1S/C13H13BrN2O/c1-9-4-10(7-16-6-9)8-17-13-3-2-11(14)5-12(13)15/h2-7H,8,15H2,1H3. The maximum absolute atomic E-state index is 5.84. The van der Waals surface area contributed by atoms with Crippen molar-refractivity contribution in [1.82, 2.24) is 4.98 Å². The van der Waals surface area contributed by atoms with Gasteiger partial charge in [-0.3, -0.25) is 4.98 Å². The van der Waals surface area contributed by atoms with Crippen molar-refractivity contribution >= 4 is 21.6 Å². The van der Waals surface area contributed by atoms with Crippen LogP contribution in [-0.2, 0) is 6.61 Å². The third-order valence-corrected chi connectivity index (χ3v) is 2.79. The van der Waals surface area contributed by atoms with Crippen LogP contribution in [0.15, 0.2) is 41.1 Å². The smallest absolute Gasteiger partial charge is 0.142 e. The number of hydrogen-bond acceptors (Lipinski definition) is 3. The minimum absolute atomic E-state index is 0.473. The molecule has 0 aliphatic heterocycles. The lowest BCUT2D eigenvalue weighted by molar-refractivity contribution is 0.307. The van der Waals surface area contributed by atoms with Crippen LogP contribution in [0, 0.1) is 6.92 Å². The lowest BCUT2D eigenvalue weighted by Crippen LogP contribution is -1.99. The molecule has 1 aromatic heterocycles. The molecule has 0 spiro atoms. The van der Waals surface area contributed by atoms with Gasteiger partial charge in [-0.2, -0.15) is 0 Å². The number of hydrogen-bond donors (Lipinski definition) is 1. The van der Waals surface area contributed by atoms with Crippen LogP contribution in [0.2, 0.25) is 0 Å². The van der Waals surface area contributed by atoms with E-state index < -0.39 is 0 Å². The summed E-state index contributed by atoms with van der Waals surface area (Å²) in [6.07, 6.45) is 3.61. The molecule has 2 N–H and O–H groups in total. The van der Waals surface area contributed by atoms with Crippen molar-refractivity contribution in [3.63, 3.8) is 0 Å². The molecule has 1 heterocycles. The summed E-state index contributed by atoms with van der Waals surface area (Å²) in [5.74, 6) is 0.690. The van der Waals surface area contributed by atoms with E-state index in [9.17, 15) is 0 Å². The van der Waals surface area contributed by atoms with Crippen LogP contribution < -0.4 is 10.5 Å². The second-order valence-corrected chi connectivity index (χ2v) is 4.76. The molecule has 88 valence electrons. The molecule has 4 heteroatoms. The lowest BCUT2D eigenvalue weighted by Gasteiger charge is -2.09. The Morgan fingerprint density at radius 1 is 1.29 bits per heavy atom. The molecule has 0 bridgehead atoms. The van der Waals surface area contributed by atoms with Crippen LogP contribution in [0.4, 0.5) is 5.69 Å². The van der Waals surface area contributed by atoms with Crippen molar-refractivity contribution in [1.29, 1.82) is 0 Å². The highest BCUT2D eigenvalue weighted by atomic mass is 79.9. The number of halogens is 1. The van der Waals surface area contributed by atoms with E-state index in [2.05, 4.69) is 20.9 Å². The average molecular weight is 293 g/mol. The number of ether oxygens (including phenoxy) is 1. The largest absolute Gasteiger partial charge is 0.487 e. The molecule has 0 radical (unpaired) electrons. The van der Waals surface area contributed by atoms with Crippen LogP contribution in [0.5, 0.6) is 5.75 Å². The fraction of sp³-hybridized carbons (Fsp3) is 0.154. The highest BCUT2D eigenvalue weighted by Crippen LogP contribution is 2.25. The Labute approximate surface area is 109 Å². The average Bonchev–Trinajstić information content (AvgIpc) is 2.28. The van der Waals surface area contributed by atoms with Gasteiger partial charge in [0.25, 0.3) is 0 Å². The predicted octanol–water partition coefficient (Wildman–Crippen LogP) is 3.31. The molecule has 3 nitrogen and oxygen atoms in total. The number of nitrogens with zero attached hydrogens (tertiary/aromatic N) is 1. The number of rotatable bonds is 3. The van der Waals surface area contributed by atoms with E-state index in [4.69, 9.17) is 10.5 Å². The van der Waals surface area contributed by atoms with Crippen LogP contribution in [0.25, 0.3) is 0 Å². The van der Waals surface area contributed by atoms with Gasteiger partial charge >= 0.3 is 0 Å². The third kappa shape index (κ3) is 3.20. The molecule has 0 fully saturated rings. The first-order chi connectivity index (χ1) is 8.15. The molecule has 17 heavy (non-hydrogen) atoms. The van der Waals surface area contributed by atoms with Gasteiger partial charge in [0.15, 0.2) is 0 Å². The Morgan fingerprint density at radius 3 is 2.82 bits per heavy atom. The zero-order valence-electron chi connectivity index (χ0n) is 9.48. The Morgan fingerprint density at radius 2 is 2.12 bits per heavy atom. The van der Waals surface area contributed by atoms with E-state index >= 15 is 0 Å². The highest BCUT2D eigenvalue weighted by Gasteiger charge is 2.02. The summed E-state index contributed by atoms with van der Waals surface area (Å²) in [7, 11) is 0. The molecule has 1 aromatic carbocycles. The van der Waals surface area contributed by atoms with Gasteiger partial charge in [-0.05, 0) is 36.8 Å². The van der Waals surface area contributed by atoms with E-state index in [1.807, 2.05) is 37.4 Å². The van der Waals surface area contributed by atoms with Gasteiger partial charge in [-0.15, -0.1) is 0 Å². The van der Waals surface area contributed by atoms with Crippen LogP contribution in [0.3, 0.4) is 0 Å². The quantitative estimate of drug-likeness (QED) is 0.883. The molecule has 0 saturated carbocycles. The number of benzene rings is 1. The molecule has 2 rings (SSSR count). The number of anilines is 1. The fourth-order valence-corrected chi connectivity index (χ4v) is 1.89. The third-order valence-electron chi connectivity index (χ3n) is 2.30. The Kier molecular flexibility index (Phi) is 3.64. The summed E-state index contributed by atoms with van der Waals surface area (Å²) in [5.41, 5.74) is 8.62. The number of aryl methyl sites for hydroxylation is 1. The zero-order chi connectivity index (χ0) is 12.3. The van der Waals surface area contributed by atoms with Crippen molar-refractivity contribution in [2.24, 2.45) is 0 Å². The molecule has 0 unspecified atom stereocenters. The van der Waals surface area contributed by atoms with Crippen molar-refractivity contribution < 1.29 is 4.74 Å². The van der Waals surface area contributed by atoms with E-state index in [0.29, 0.717) is 18.0 Å². The number of pyridine rings is 1. The van der Waals surface area contributed by atoms with E-state index in [-0.39, 0.29) is 0 Å². The summed E-state index contributed by atoms with van der Waals surface area (Å²) in [6.45, 7) is 2.48. The summed E-state index contributed by atoms with van der Waals surface area (Å²) in [4.78, 5) is 4.11. The van der Waals surface area contributed by atoms with Crippen LogP contribution in [0.1, 0.15) is 11.1 Å². The highest BCUT2D eigenvalue weighted by molar-refractivity contribution is 9.10.